The lowest BCUT2D eigenvalue weighted by Gasteiger charge is -2.32. The molecule has 2 amide bonds. The van der Waals surface area contributed by atoms with Gasteiger partial charge in [0.05, 0.1) is 11.5 Å². The number of hydrogen-bond donors (Lipinski definition) is 1. The summed E-state index contributed by atoms with van der Waals surface area (Å²) in [4.78, 5) is 36.4. The van der Waals surface area contributed by atoms with Gasteiger partial charge in [-0.05, 0) is 38.5 Å². The Morgan fingerprint density at radius 2 is 1.92 bits per heavy atom. The molecule has 1 N–H and O–H groups in total. The highest BCUT2D eigenvalue weighted by atomic mass is 35.5. The molecule has 0 saturated carbocycles. The predicted octanol–water partition coefficient (Wildman–Crippen LogP) is 2.25. The first-order valence-corrected chi connectivity index (χ1v) is 7.99. The zero-order chi connectivity index (χ0) is 19.2. The maximum atomic E-state index is 12.8. The maximum absolute atomic E-state index is 12.8. The molecule has 1 aromatic rings. The minimum Gasteiger partial charge on any atom is -0.349 e. The number of nitro groups is 1. The van der Waals surface area contributed by atoms with Crippen LogP contribution in [0, 0.1) is 22.5 Å². The molecule has 0 aliphatic rings. The zero-order valence-electron chi connectivity index (χ0n) is 14.3. The highest BCUT2D eigenvalue weighted by molar-refractivity contribution is 6.27. The molecule has 134 valence electrons. The Balaban J connectivity index is 3.35. The summed E-state index contributed by atoms with van der Waals surface area (Å²) in [5.74, 6) is 1.04. The van der Waals surface area contributed by atoms with Crippen LogP contribution in [0.3, 0.4) is 0 Å². The van der Waals surface area contributed by atoms with Gasteiger partial charge in [-0.15, -0.1) is 18.0 Å². The molecule has 25 heavy (non-hydrogen) atoms. The summed E-state index contributed by atoms with van der Waals surface area (Å²) in [5, 5.41) is 13.6. The SMILES string of the molecule is C#CCN(C(=O)CCl)C(C(=O)NC(C)(C)C)c1ccc([N+](=O)[O-])cc1. The molecule has 0 radical (unpaired) electrons. The summed E-state index contributed by atoms with van der Waals surface area (Å²) >= 11 is 5.64. The van der Waals surface area contributed by atoms with E-state index in [2.05, 4.69) is 11.2 Å². The Kier molecular flexibility index (Phi) is 6.95. The van der Waals surface area contributed by atoms with E-state index in [1.165, 1.54) is 29.2 Å². The van der Waals surface area contributed by atoms with Crippen molar-refractivity contribution in [3.05, 3.63) is 39.9 Å². The Bertz CT molecular complexity index is 689. The van der Waals surface area contributed by atoms with Gasteiger partial charge in [-0.25, -0.2) is 0 Å². The number of hydrogen-bond acceptors (Lipinski definition) is 4. The second kappa shape index (κ2) is 8.49. The van der Waals surface area contributed by atoms with Gasteiger partial charge in [-0.2, -0.15) is 0 Å². The second-order valence-corrected chi connectivity index (χ2v) is 6.62. The highest BCUT2D eigenvalue weighted by Crippen LogP contribution is 2.25. The molecule has 1 unspecified atom stereocenters. The molecule has 0 bridgehead atoms. The topological polar surface area (TPSA) is 92.6 Å². The molecule has 1 rings (SSSR count). The average Bonchev–Trinajstić information content (AvgIpc) is 2.52. The van der Waals surface area contributed by atoms with Crippen molar-refractivity contribution < 1.29 is 14.5 Å². The van der Waals surface area contributed by atoms with E-state index in [0.717, 1.165) is 0 Å². The summed E-state index contributed by atoms with van der Waals surface area (Å²) < 4.78 is 0. The molecular weight excluding hydrogens is 346 g/mol. The monoisotopic (exact) mass is 365 g/mol. The third-order valence-corrected chi connectivity index (χ3v) is 3.40. The molecule has 0 aliphatic heterocycles. The number of non-ortho nitro benzene ring substituents is 1. The fourth-order valence-electron chi connectivity index (χ4n) is 2.19. The number of terminal acetylenes is 1. The fraction of sp³-hybridized carbons (Fsp3) is 0.412. The normalized spacial score (nSPS) is 12.0. The number of benzene rings is 1. The Labute approximate surface area is 151 Å². The summed E-state index contributed by atoms with van der Waals surface area (Å²) in [7, 11) is 0. The number of nitro benzene ring substituents is 1. The Morgan fingerprint density at radius 1 is 1.36 bits per heavy atom. The number of rotatable bonds is 6. The molecular formula is C17H20ClN3O4. The molecule has 0 heterocycles. The van der Waals surface area contributed by atoms with Crippen LogP contribution in [0.25, 0.3) is 0 Å². The van der Waals surface area contributed by atoms with E-state index in [-0.39, 0.29) is 18.1 Å². The van der Waals surface area contributed by atoms with Crippen LogP contribution in [0.5, 0.6) is 0 Å². The van der Waals surface area contributed by atoms with Crippen molar-refractivity contribution >= 4 is 29.1 Å². The van der Waals surface area contributed by atoms with E-state index >= 15 is 0 Å². The van der Waals surface area contributed by atoms with Gasteiger partial charge in [0.15, 0.2) is 0 Å². The van der Waals surface area contributed by atoms with Gasteiger partial charge in [-0.1, -0.05) is 5.92 Å². The molecule has 0 fully saturated rings. The Hall–Kier alpha value is -2.59. The van der Waals surface area contributed by atoms with Gasteiger partial charge in [0.25, 0.3) is 5.69 Å². The molecule has 1 atom stereocenters. The molecule has 0 aromatic heterocycles. The summed E-state index contributed by atoms with van der Waals surface area (Å²) in [6.45, 7) is 5.27. The van der Waals surface area contributed by atoms with Crippen molar-refractivity contribution in [3.63, 3.8) is 0 Å². The van der Waals surface area contributed by atoms with Crippen LogP contribution in [0.2, 0.25) is 0 Å². The summed E-state index contributed by atoms with van der Waals surface area (Å²) in [5.41, 5.74) is -0.256. The van der Waals surface area contributed by atoms with E-state index in [1.807, 2.05) is 0 Å². The molecule has 1 aromatic carbocycles. The van der Waals surface area contributed by atoms with E-state index in [1.54, 1.807) is 20.8 Å². The van der Waals surface area contributed by atoms with Crippen molar-refractivity contribution in [2.45, 2.75) is 32.4 Å². The van der Waals surface area contributed by atoms with Crippen molar-refractivity contribution in [1.82, 2.24) is 10.2 Å². The molecule has 0 spiro atoms. The highest BCUT2D eigenvalue weighted by Gasteiger charge is 2.32. The van der Waals surface area contributed by atoms with Crippen LogP contribution in [0.15, 0.2) is 24.3 Å². The minimum absolute atomic E-state index is 0.120. The van der Waals surface area contributed by atoms with Gasteiger partial charge < -0.3 is 10.2 Å². The molecule has 0 saturated heterocycles. The number of alkyl halides is 1. The van der Waals surface area contributed by atoms with Crippen LogP contribution in [-0.2, 0) is 9.59 Å². The number of halogens is 1. The van der Waals surface area contributed by atoms with E-state index in [9.17, 15) is 19.7 Å². The minimum atomic E-state index is -1.04. The lowest BCUT2D eigenvalue weighted by atomic mass is 10.0. The van der Waals surface area contributed by atoms with Crippen molar-refractivity contribution in [3.8, 4) is 12.3 Å². The number of carbonyl (C=O) groups excluding carboxylic acids is 2. The van der Waals surface area contributed by atoms with Crippen LogP contribution in [0.1, 0.15) is 32.4 Å². The zero-order valence-corrected chi connectivity index (χ0v) is 15.0. The van der Waals surface area contributed by atoms with Crippen LogP contribution >= 0.6 is 11.6 Å². The first kappa shape index (κ1) is 20.5. The number of carbonyl (C=O) groups is 2. The van der Waals surface area contributed by atoms with E-state index < -0.39 is 28.3 Å². The van der Waals surface area contributed by atoms with Crippen LogP contribution in [0.4, 0.5) is 5.69 Å². The standard InChI is InChI=1S/C17H20ClN3O4/c1-5-10-20(14(22)11-18)15(16(23)19-17(2,3)4)12-6-8-13(9-7-12)21(24)25/h1,6-9,15H,10-11H2,2-4H3,(H,19,23). The molecule has 8 heteroatoms. The van der Waals surface area contributed by atoms with Crippen molar-refractivity contribution in [2.75, 3.05) is 12.4 Å². The van der Waals surface area contributed by atoms with E-state index in [0.29, 0.717) is 5.56 Å². The van der Waals surface area contributed by atoms with Crippen molar-refractivity contribution in [1.29, 1.82) is 0 Å². The third kappa shape index (κ3) is 5.76. The lowest BCUT2D eigenvalue weighted by Crippen LogP contribution is -2.49. The largest absolute Gasteiger partial charge is 0.349 e. The first-order valence-electron chi connectivity index (χ1n) is 7.46. The van der Waals surface area contributed by atoms with Gasteiger partial charge in [0.2, 0.25) is 11.8 Å². The predicted molar refractivity (Wildman–Crippen MR) is 95.0 cm³/mol. The van der Waals surface area contributed by atoms with Gasteiger partial charge >= 0.3 is 0 Å². The van der Waals surface area contributed by atoms with Crippen LogP contribution in [-0.4, -0.2) is 39.6 Å². The molecule has 0 aliphatic carbocycles. The number of nitrogens with one attached hydrogen (secondary N) is 1. The summed E-state index contributed by atoms with van der Waals surface area (Å²) in [6.07, 6.45) is 5.32. The van der Waals surface area contributed by atoms with Crippen LogP contribution < -0.4 is 5.32 Å². The third-order valence-electron chi connectivity index (χ3n) is 3.17. The quantitative estimate of drug-likeness (QED) is 0.362. The van der Waals surface area contributed by atoms with Gasteiger partial charge in [0, 0.05) is 17.7 Å². The van der Waals surface area contributed by atoms with Gasteiger partial charge in [-0.3, -0.25) is 19.7 Å². The number of amides is 2. The second-order valence-electron chi connectivity index (χ2n) is 6.35. The molecule has 7 nitrogen and oxygen atoms in total. The lowest BCUT2D eigenvalue weighted by molar-refractivity contribution is -0.384. The Morgan fingerprint density at radius 3 is 2.32 bits per heavy atom. The first-order chi connectivity index (χ1) is 11.6. The van der Waals surface area contributed by atoms with E-state index in [4.69, 9.17) is 18.0 Å². The van der Waals surface area contributed by atoms with Gasteiger partial charge in [0.1, 0.15) is 11.9 Å². The smallest absolute Gasteiger partial charge is 0.269 e. The maximum Gasteiger partial charge on any atom is 0.269 e. The summed E-state index contributed by atoms with van der Waals surface area (Å²) in [6, 6.07) is 4.35. The van der Waals surface area contributed by atoms with Crippen molar-refractivity contribution in [2.24, 2.45) is 0 Å². The fourth-order valence-corrected chi connectivity index (χ4v) is 2.34. The number of nitrogens with zero attached hydrogens (tertiary/aromatic N) is 2. The average molecular weight is 366 g/mol.